The number of benzene rings is 2. The molecule has 0 aliphatic rings. The molecule has 0 amide bonds. The number of aromatic amines is 2. The molecule has 3 aromatic heterocycles. The summed E-state index contributed by atoms with van der Waals surface area (Å²) in [6.07, 6.45) is 5.77. The molecular weight excluding hydrogens is 427 g/mol. The number of nitrogens with one attached hydrogen (secondary N) is 3. The monoisotopic (exact) mass is 444 g/mol. The van der Waals surface area contributed by atoms with Crippen molar-refractivity contribution < 1.29 is 4.39 Å². The maximum Gasteiger partial charge on any atom is 0.298 e. The Hall–Kier alpha value is -4.74. The van der Waals surface area contributed by atoms with Crippen LogP contribution < -0.4 is 10.9 Å². The fourth-order valence-electron chi connectivity index (χ4n) is 3.30. The molecular formula is C21H17FN10O. The molecule has 0 fully saturated rings. The van der Waals surface area contributed by atoms with Gasteiger partial charge >= 0.3 is 0 Å². The fraction of sp³-hybridized carbons (Fsp3) is 0.0952. The molecule has 12 heteroatoms. The molecule has 0 atom stereocenters. The van der Waals surface area contributed by atoms with Crippen LogP contribution in [0.1, 0.15) is 11.4 Å². The van der Waals surface area contributed by atoms with Crippen LogP contribution in [0.3, 0.4) is 0 Å². The van der Waals surface area contributed by atoms with Gasteiger partial charge in [-0.1, -0.05) is 17.3 Å². The lowest BCUT2D eigenvalue weighted by Gasteiger charge is -2.11. The van der Waals surface area contributed by atoms with Gasteiger partial charge in [0.25, 0.3) is 5.56 Å². The third-order valence-corrected chi connectivity index (χ3v) is 4.99. The van der Waals surface area contributed by atoms with Gasteiger partial charge in [-0.3, -0.25) is 14.5 Å². The molecule has 0 saturated heterocycles. The van der Waals surface area contributed by atoms with Crippen molar-refractivity contribution in [1.29, 1.82) is 0 Å². The minimum atomic E-state index is -0.550. The van der Waals surface area contributed by atoms with Crippen LogP contribution in [0.15, 0.2) is 66.0 Å². The van der Waals surface area contributed by atoms with Crippen molar-refractivity contribution in [2.24, 2.45) is 0 Å². The Morgan fingerprint density at radius 2 is 1.94 bits per heavy atom. The second kappa shape index (κ2) is 8.78. The van der Waals surface area contributed by atoms with Gasteiger partial charge in [0.1, 0.15) is 12.1 Å². The average Bonchev–Trinajstić information content (AvgIpc) is 3.55. The van der Waals surface area contributed by atoms with Crippen molar-refractivity contribution in [2.45, 2.75) is 12.8 Å². The van der Waals surface area contributed by atoms with Crippen molar-refractivity contribution in [1.82, 2.24) is 45.4 Å². The van der Waals surface area contributed by atoms with E-state index in [4.69, 9.17) is 0 Å². The quantitative estimate of drug-likeness (QED) is 0.347. The summed E-state index contributed by atoms with van der Waals surface area (Å²) in [7, 11) is 0. The lowest BCUT2D eigenvalue weighted by Crippen LogP contribution is -2.22. The van der Waals surface area contributed by atoms with Crippen LogP contribution in [0, 0.1) is 5.82 Å². The van der Waals surface area contributed by atoms with Gasteiger partial charge in [0.05, 0.1) is 5.69 Å². The third-order valence-electron chi connectivity index (χ3n) is 4.99. The molecule has 0 bridgehead atoms. The molecule has 0 saturated carbocycles. The predicted octanol–water partition coefficient (Wildman–Crippen LogP) is 2.20. The highest BCUT2D eigenvalue weighted by molar-refractivity contribution is 5.63. The average molecular weight is 444 g/mol. The highest BCUT2D eigenvalue weighted by Crippen LogP contribution is 2.23. The van der Waals surface area contributed by atoms with Crippen LogP contribution in [-0.4, -0.2) is 45.4 Å². The fourth-order valence-corrected chi connectivity index (χ4v) is 3.30. The number of rotatable bonds is 7. The molecule has 33 heavy (non-hydrogen) atoms. The molecule has 5 rings (SSSR count). The second-order valence-electron chi connectivity index (χ2n) is 7.10. The van der Waals surface area contributed by atoms with Gasteiger partial charge in [-0.25, -0.2) is 14.4 Å². The summed E-state index contributed by atoms with van der Waals surface area (Å²) in [4.78, 5) is 21.1. The summed E-state index contributed by atoms with van der Waals surface area (Å²) >= 11 is 0. The van der Waals surface area contributed by atoms with E-state index < -0.39 is 11.4 Å². The van der Waals surface area contributed by atoms with Gasteiger partial charge in [-0.05, 0) is 42.3 Å². The summed E-state index contributed by atoms with van der Waals surface area (Å²) in [5, 5.41) is 23.1. The minimum Gasteiger partial charge on any atom is -0.333 e. The lowest BCUT2D eigenvalue weighted by atomic mass is 10.1. The third kappa shape index (κ3) is 4.35. The summed E-state index contributed by atoms with van der Waals surface area (Å²) in [5.74, 6) is 0.541. The summed E-state index contributed by atoms with van der Waals surface area (Å²) in [5.41, 5.74) is 1.98. The highest BCUT2D eigenvalue weighted by atomic mass is 19.1. The van der Waals surface area contributed by atoms with Gasteiger partial charge in [-0.15, -0.1) is 10.2 Å². The van der Waals surface area contributed by atoms with Gasteiger partial charge in [0.15, 0.2) is 17.5 Å². The van der Waals surface area contributed by atoms with E-state index in [2.05, 4.69) is 46.1 Å². The van der Waals surface area contributed by atoms with E-state index in [0.717, 1.165) is 12.0 Å². The first-order valence-electron chi connectivity index (χ1n) is 9.99. The number of hydrogen-bond acceptors (Lipinski definition) is 8. The molecule has 0 aliphatic carbocycles. The SMILES string of the molecule is O=c1c(Nc2ccc(-c3ncn[nH]3)cc2F)nccn1-c1ccc(CCc2nn[nH]n2)cc1. The maximum absolute atomic E-state index is 14.6. The first kappa shape index (κ1) is 20.2. The Kier molecular flexibility index (Phi) is 5.37. The molecule has 0 aliphatic heterocycles. The zero-order chi connectivity index (χ0) is 22.6. The Morgan fingerprint density at radius 1 is 1.06 bits per heavy atom. The molecule has 0 radical (unpaired) electrons. The van der Waals surface area contributed by atoms with E-state index in [1.807, 2.05) is 24.3 Å². The normalized spacial score (nSPS) is 10.9. The smallest absolute Gasteiger partial charge is 0.298 e. The number of tetrazole rings is 1. The van der Waals surface area contributed by atoms with Crippen LogP contribution in [0.5, 0.6) is 0 Å². The van der Waals surface area contributed by atoms with E-state index >= 15 is 0 Å². The largest absolute Gasteiger partial charge is 0.333 e. The molecule has 0 spiro atoms. The van der Waals surface area contributed by atoms with Crippen molar-refractivity contribution in [2.75, 3.05) is 5.32 Å². The van der Waals surface area contributed by atoms with E-state index in [1.54, 1.807) is 12.3 Å². The standard InChI is InChI=1S/C21H17FN10O/c22-16-11-14(19-24-12-25-29-19)4-7-17(16)26-20-21(33)32(10-9-23-20)15-5-1-13(2-6-15)3-8-18-27-30-31-28-18/h1-2,4-7,9-12H,3,8H2,(H,23,26)(H,24,25,29)(H,27,28,30,31). The van der Waals surface area contributed by atoms with Crippen molar-refractivity contribution >= 4 is 11.5 Å². The van der Waals surface area contributed by atoms with E-state index in [-0.39, 0.29) is 11.5 Å². The number of aromatic nitrogens is 9. The van der Waals surface area contributed by atoms with Crippen LogP contribution in [0.2, 0.25) is 0 Å². The van der Waals surface area contributed by atoms with Gasteiger partial charge in [-0.2, -0.15) is 10.3 Å². The molecule has 0 unspecified atom stereocenters. The summed E-state index contributed by atoms with van der Waals surface area (Å²) in [6, 6.07) is 12.0. The molecule has 164 valence electrons. The van der Waals surface area contributed by atoms with Crippen LogP contribution in [0.4, 0.5) is 15.9 Å². The minimum absolute atomic E-state index is 0.00463. The molecule has 3 N–H and O–H groups in total. The molecule has 3 heterocycles. The van der Waals surface area contributed by atoms with E-state index in [1.165, 1.54) is 29.2 Å². The lowest BCUT2D eigenvalue weighted by molar-refractivity contribution is 0.632. The zero-order valence-corrected chi connectivity index (χ0v) is 17.1. The van der Waals surface area contributed by atoms with Crippen LogP contribution >= 0.6 is 0 Å². The number of anilines is 2. The molecule has 5 aromatic rings. The summed E-state index contributed by atoms with van der Waals surface area (Å²) in [6.45, 7) is 0. The van der Waals surface area contributed by atoms with E-state index in [9.17, 15) is 9.18 Å². The number of halogens is 1. The van der Waals surface area contributed by atoms with Gasteiger partial charge in [0, 0.05) is 30.1 Å². The summed E-state index contributed by atoms with van der Waals surface area (Å²) < 4.78 is 16.1. The first-order valence-corrected chi connectivity index (χ1v) is 9.99. The maximum atomic E-state index is 14.6. The molecule has 2 aromatic carbocycles. The Labute approximate surface area is 185 Å². The van der Waals surface area contributed by atoms with Gasteiger partial charge < -0.3 is 5.32 Å². The Balaban J connectivity index is 1.34. The van der Waals surface area contributed by atoms with Crippen molar-refractivity contribution in [3.8, 4) is 17.1 Å². The van der Waals surface area contributed by atoms with Crippen molar-refractivity contribution in [3.63, 3.8) is 0 Å². The molecule has 11 nitrogen and oxygen atoms in total. The number of aryl methyl sites for hydroxylation is 2. The second-order valence-corrected chi connectivity index (χ2v) is 7.10. The number of hydrogen-bond donors (Lipinski definition) is 3. The highest BCUT2D eigenvalue weighted by Gasteiger charge is 2.12. The Morgan fingerprint density at radius 3 is 2.67 bits per heavy atom. The van der Waals surface area contributed by atoms with Crippen LogP contribution in [-0.2, 0) is 12.8 Å². The van der Waals surface area contributed by atoms with Crippen molar-refractivity contribution in [3.05, 3.63) is 88.7 Å². The first-order chi connectivity index (χ1) is 16.2. The number of H-pyrrole nitrogens is 2. The number of nitrogens with zero attached hydrogens (tertiary/aromatic N) is 7. The predicted molar refractivity (Wildman–Crippen MR) is 116 cm³/mol. The van der Waals surface area contributed by atoms with Gasteiger partial charge in [0.2, 0.25) is 0 Å². The Bertz CT molecular complexity index is 1410. The van der Waals surface area contributed by atoms with E-state index in [0.29, 0.717) is 29.3 Å². The van der Waals surface area contributed by atoms with Crippen LogP contribution in [0.25, 0.3) is 17.1 Å². The zero-order valence-electron chi connectivity index (χ0n) is 17.1. The topological polar surface area (TPSA) is 143 Å².